The molecule has 1 saturated heterocycles. The Kier molecular flexibility index (Phi) is 4.69. The highest BCUT2D eigenvalue weighted by Gasteiger charge is 2.34. The summed E-state index contributed by atoms with van der Waals surface area (Å²) in [5.74, 6) is 0.637. The van der Waals surface area contributed by atoms with Crippen LogP contribution in [0.2, 0.25) is 0 Å². The Bertz CT molecular complexity index is 1070. The smallest absolute Gasteiger partial charge is 0.268 e. The minimum atomic E-state index is -0.332. The van der Waals surface area contributed by atoms with Crippen molar-refractivity contribution in [3.63, 3.8) is 0 Å². The average molecular weight is 375 g/mol. The standard InChI is InChI=1S/C22H21N3O3/c1-15-9-12-25(18-5-3-4-6-19(18)28-2)22(27)20(15)21(26)24-13-17(14-24)16-7-10-23-11-8-16/h3-12,17H,13-14H2,1-2H3. The van der Waals surface area contributed by atoms with Crippen LogP contribution in [-0.2, 0) is 0 Å². The zero-order chi connectivity index (χ0) is 19.7. The molecule has 3 heterocycles. The van der Waals surface area contributed by atoms with Gasteiger partial charge in [0.25, 0.3) is 11.5 Å². The molecule has 4 rings (SSSR count). The molecule has 1 amide bonds. The summed E-state index contributed by atoms with van der Waals surface area (Å²) in [5, 5.41) is 0. The molecule has 1 fully saturated rings. The van der Waals surface area contributed by atoms with Crippen molar-refractivity contribution in [2.75, 3.05) is 20.2 Å². The SMILES string of the molecule is COc1ccccc1-n1ccc(C)c(C(=O)N2CC(c3ccncc3)C2)c1=O. The van der Waals surface area contributed by atoms with Gasteiger partial charge in [-0.2, -0.15) is 0 Å². The second-order valence-electron chi connectivity index (χ2n) is 6.91. The Morgan fingerprint density at radius 3 is 2.54 bits per heavy atom. The lowest BCUT2D eigenvalue weighted by Crippen LogP contribution is -2.50. The summed E-state index contributed by atoms with van der Waals surface area (Å²) in [5.41, 5.74) is 2.33. The lowest BCUT2D eigenvalue weighted by Gasteiger charge is -2.39. The number of methoxy groups -OCH3 is 1. The number of hydrogen-bond acceptors (Lipinski definition) is 4. The number of nitrogens with zero attached hydrogens (tertiary/aromatic N) is 3. The van der Waals surface area contributed by atoms with Crippen LogP contribution < -0.4 is 10.3 Å². The van der Waals surface area contributed by atoms with Gasteiger partial charge in [0.2, 0.25) is 0 Å². The fraction of sp³-hybridized carbons (Fsp3) is 0.227. The van der Waals surface area contributed by atoms with Gasteiger partial charge in [-0.1, -0.05) is 12.1 Å². The number of benzene rings is 1. The molecule has 142 valence electrons. The first-order valence-electron chi connectivity index (χ1n) is 9.15. The minimum Gasteiger partial charge on any atom is -0.495 e. The number of aryl methyl sites for hydroxylation is 1. The average Bonchev–Trinajstić information content (AvgIpc) is 2.68. The third kappa shape index (κ3) is 3.07. The van der Waals surface area contributed by atoms with Crippen LogP contribution in [0.15, 0.2) is 65.8 Å². The zero-order valence-corrected chi connectivity index (χ0v) is 15.8. The summed E-state index contributed by atoms with van der Waals surface area (Å²) < 4.78 is 6.84. The van der Waals surface area contributed by atoms with Gasteiger partial charge in [0.1, 0.15) is 11.3 Å². The molecule has 2 aromatic heterocycles. The molecule has 1 aliphatic heterocycles. The zero-order valence-electron chi connectivity index (χ0n) is 15.8. The van der Waals surface area contributed by atoms with Gasteiger partial charge < -0.3 is 9.64 Å². The molecular formula is C22H21N3O3. The molecule has 0 aliphatic carbocycles. The normalized spacial score (nSPS) is 13.9. The Balaban J connectivity index is 1.64. The van der Waals surface area contributed by atoms with Gasteiger partial charge in [0, 0.05) is 37.6 Å². The van der Waals surface area contributed by atoms with E-state index in [2.05, 4.69) is 4.98 Å². The molecule has 0 saturated carbocycles. The molecule has 0 atom stereocenters. The summed E-state index contributed by atoms with van der Waals surface area (Å²) in [6.07, 6.45) is 5.20. The minimum absolute atomic E-state index is 0.210. The Labute approximate surface area is 163 Å². The van der Waals surface area contributed by atoms with Gasteiger partial charge in [0.15, 0.2) is 0 Å². The van der Waals surface area contributed by atoms with Gasteiger partial charge in [-0.15, -0.1) is 0 Å². The summed E-state index contributed by atoms with van der Waals surface area (Å²) in [6, 6.07) is 13.0. The van der Waals surface area contributed by atoms with E-state index in [4.69, 9.17) is 4.74 Å². The number of aromatic nitrogens is 2. The quantitative estimate of drug-likeness (QED) is 0.703. The van der Waals surface area contributed by atoms with Crippen molar-refractivity contribution in [2.24, 2.45) is 0 Å². The molecule has 6 nitrogen and oxygen atoms in total. The first-order valence-corrected chi connectivity index (χ1v) is 9.15. The van der Waals surface area contributed by atoms with Crippen molar-refractivity contribution in [1.29, 1.82) is 0 Å². The molecule has 3 aromatic rings. The number of pyridine rings is 2. The highest BCUT2D eigenvalue weighted by Crippen LogP contribution is 2.28. The highest BCUT2D eigenvalue weighted by atomic mass is 16.5. The molecule has 6 heteroatoms. The van der Waals surface area contributed by atoms with Crippen LogP contribution in [-0.4, -0.2) is 40.6 Å². The van der Waals surface area contributed by atoms with Gasteiger partial charge in [-0.25, -0.2) is 0 Å². The topological polar surface area (TPSA) is 64.4 Å². The van der Waals surface area contributed by atoms with E-state index in [0.717, 1.165) is 5.56 Å². The van der Waals surface area contributed by atoms with Crippen molar-refractivity contribution in [3.8, 4) is 11.4 Å². The Morgan fingerprint density at radius 1 is 1.11 bits per heavy atom. The molecule has 1 aliphatic rings. The number of rotatable bonds is 4. The van der Waals surface area contributed by atoms with Crippen LogP contribution in [0.4, 0.5) is 0 Å². The number of amides is 1. The number of carbonyl (C=O) groups excluding carboxylic acids is 1. The van der Waals surface area contributed by atoms with Crippen LogP contribution in [0.5, 0.6) is 5.75 Å². The van der Waals surface area contributed by atoms with E-state index in [9.17, 15) is 9.59 Å². The monoisotopic (exact) mass is 375 g/mol. The number of hydrogen-bond donors (Lipinski definition) is 0. The van der Waals surface area contributed by atoms with E-state index in [1.165, 1.54) is 4.57 Å². The molecule has 0 unspecified atom stereocenters. The number of ether oxygens (including phenoxy) is 1. The van der Waals surface area contributed by atoms with Crippen molar-refractivity contribution >= 4 is 5.91 Å². The molecule has 0 bridgehead atoms. The maximum absolute atomic E-state index is 13.1. The highest BCUT2D eigenvalue weighted by molar-refractivity contribution is 5.96. The predicted octanol–water partition coefficient (Wildman–Crippen LogP) is 2.79. The molecule has 28 heavy (non-hydrogen) atoms. The summed E-state index contributed by atoms with van der Waals surface area (Å²) in [4.78, 5) is 32.0. The molecular weight excluding hydrogens is 354 g/mol. The predicted molar refractivity (Wildman–Crippen MR) is 106 cm³/mol. The number of carbonyl (C=O) groups is 1. The Morgan fingerprint density at radius 2 is 1.82 bits per heavy atom. The first-order chi connectivity index (χ1) is 13.6. The lowest BCUT2D eigenvalue weighted by atomic mass is 9.91. The molecule has 0 radical (unpaired) electrons. The van der Waals surface area contributed by atoms with E-state index in [0.29, 0.717) is 30.1 Å². The molecule has 0 spiro atoms. The molecule has 0 N–H and O–H groups in total. The summed E-state index contributed by atoms with van der Waals surface area (Å²) in [7, 11) is 1.56. The van der Waals surface area contributed by atoms with Crippen molar-refractivity contribution < 1.29 is 9.53 Å². The van der Waals surface area contributed by atoms with E-state index in [1.54, 1.807) is 55.7 Å². The van der Waals surface area contributed by atoms with Gasteiger partial charge in [-0.05, 0) is 48.4 Å². The van der Waals surface area contributed by atoms with Crippen molar-refractivity contribution in [2.45, 2.75) is 12.8 Å². The second-order valence-corrected chi connectivity index (χ2v) is 6.91. The van der Waals surface area contributed by atoms with Crippen LogP contribution in [0, 0.1) is 6.92 Å². The number of para-hydroxylation sites is 2. The third-order valence-corrected chi connectivity index (χ3v) is 5.21. The fourth-order valence-electron chi connectivity index (χ4n) is 3.55. The van der Waals surface area contributed by atoms with Gasteiger partial charge in [-0.3, -0.25) is 19.1 Å². The van der Waals surface area contributed by atoms with Crippen molar-refractivity contribution in [3.05, 3.63) is 88.1 Å². The summed E-state index contributed by atoms with van der Waals surface area (Å²) >= 11 is 0. The maximum atomic E-state index is 13.1. The van der Waals surface area contributed by atoms with E-state index in [1.807, 2.05) is 24.3 Å². The Hall–Kier alpha value is -3.41. The van der Waals surface area contributed by atoms with Crippen LogP contribution in [0.1, 0.15) is 27.4 Å². The van der Waals surface area contributed by atoms with Gasteiger partial charge in [0.05, 0.1) is 12.8 Å². The van der Waals surface area contributed by atoms with E-state index in [-0.39, 0.29) is 22.9 Å². The van der Waals surface area contributed by atoms with Gasteiger partial charge >= 0.3 is 0 Å². The van der Waals surface area contributed by atoms with Crippen LogP contribution in [0.3, 0.4) is 0 Å². The van der Waals surface area contributed by atoms with Crippen molar-refractivity contribution in [1.82, 2.24) is 14.5 Å². The van der Waals surface area contributed by atoms with Crippen LogP contribution in [0.25, 0.3) is 5.69 Å². The third-order valence-electron chi connectivity index (χ3n) is 5.21. The second kappa shape index (κ2) is 7.31. The molecule has 1 aromatic carbocycles. The largest absolute Gasteiger partial charge is 0.495 e. The lowest BCUT2D eigenvalue weighted by molar-refractivity contribution is 0.0599. The van der Waals surface area contributed by atoms with E-state index < -0.39 is 0 Å². The fourth-order valence-corrected chi connectivity index (χ4v) is 3.55. The maximum Gasteiger partial charge on any atom is 0.268 e. The number of likely N-dealkylation sites (tertiary alicyclic amines) is 1. The van der Waals surface area contributed by atoms with Crippen LogP contribution >= 0.6 is 0 Å². The van der Waals surface area contributed by atoms with E-state index >= 15 is 0 Å². The first kappa shape index (κ1) is 18.0. The summed E-state index contributed by atoms with van der Waals surface area (Å²) in [6.45, 7) is 3.00.